The van der Waals surface area contributed by atoms with Crippen molar-refractivity contribution < 1.29 is 27.1 Å². The molecule has 0 saturated heterocycles. The predicted octanol–water partition coefficient (Wildman–Crippen LogP) is 3.44. The van der Waals surface area contributed by atoms with E-state index in [1.54, 1.807) is 37.3 Å². The van der Waals surface area contributed by atoms with Crippen molar-refractivity contribution in [1.29, 1.82) is 0 Å². The van der Waals surface area contributed by atoms with E-state index in [0.29, 0.717) is 18.7 Å². The summed E-state index contributed by atoms with van der Waals surface area (Å²) in [6.07, 6.45) is 3.39. The number of carbonyl (C=O) groups is 2. The first-order valence-corrected chi connectivity index (χ1v) is 11.1. The third-order valence-electron chi connectivity index (χ3n) is 4.29. The topological polar surface area (TPSA) is 92.8 Å². The molecule has 0 aliphatic heterocycles. The van der Waals surface area contributed by atoms with Crippen LogP contribution in [0.2, 0.25) is 0 Å². The highest BCUT2D eigenvalue weighted by Crippen LogP contribution is 2.16. The zero-order valence-corrected chi connectivity index (χ0v) is 18.2. The van der Waals surface area contributed by atoms with Crippen molar-refractivity contribution in [3.8, 4) is 0 Å². The third kappa shape index (κ3) is 7.62. The average Bonchev–Trinajstić information content (AvgIpc) is 2.73. The maximum absolute atomic E-state index is 13.0. The summed E-state index contributed by atoms with van der Waals surface area (Å²) in [5.41, 5.74) is 1.37. The Balaban J connectivity index is 1.81. The number of carbonyl (C=O) groups excluding carboxylic acids is 2. The summed E-state index contributed by atoms with van der Waals surface area (Å²) < 4.78 is 43.8. The zero-order valence-electron chi connectivity index (χ0n) is 17.4. The number of halogens is 1. The van der Waals surface area contributed by atoms with Crippen LogP contribution in [0.5, 0.6) is 0 Å². The molecule has 2 aromatic carbocycles. The molecule has 0 aliphatic carbocycles. The standard InChI is InChI=1S/C22H25FN2O5S/c1-3-30-22(27)15-8-17-6-11-19(12-7-17)24-21(26)5-4-16-25(2)31(28,29)20-13-9-18(23)10-14-20/h6-15H,3-5,16H2,1-2H3,(H,24,26)/b15-8+. The van der Waals surface area contributed by atoms with E-state index in [0.717, 1.165) is 22.0 Å². The molecule has 0 aliphatic rings. The summed E-state index contributed by atoms with van der Waals surface area (Å²) in [5, 5.41) is 2.74. The van der Waals surface area contributed by atoms with Gasteiger partial charge in [-0.05, 0) is 61.4 Å². The Morgan fingerprint density at radius 2 is 1.74 bits per heavy atom. The summed E-state index contributed by atoms with van der Waals surface area (Å²) in [5.74, 6) is -1.19. The van der Waals surface area contributed by atoms with Gasteiger partial charge in [0.1, 0.15) is 5.82 Å². The van der Waals surface area contributed by atoms with Gasteiger partial charge >= 0.3 is 5.97 Å². The zero-order chi connectivity index (χ0) is 22.9. The number of sulfonamides is 1. The minimum Gasteiger partial charge on any atom is -0.463 e. The minimum absolute atomic E-state index is 0.00190. The molecular formula is C22H25FN2O5S. The maximum Gasteiger partial charge on any atom is 0.330 e. The quantitative estimate of drug-likeness (QED) is 0.444. The molecule has 0 unspecified atom stereocenters. The largest absolute Gasteiger partial charge is 0.463 e. The number of esters is 1. The van der Waals surface area contributed by atoms with Gasteiger partial charge in [-0.2, -0.15) is 0 Å². The average molecular weight is 449 g/mol. The summed E-state index contributed by atoms with van der Waals surface area (Å²) >= 11 is 0. The van der Waals surface area contributed by atoms with Crippen LogP contribution < -0.4 is 5.32 Å². The lowest BCUT2D eigenvalue weighted by Crippen LogP contribution is -2.28. The van der Waals surface area contributed by atoms with Crippen LogP contribution >= 0.6 is 0 Å². The van der Waals surface area contributed by atoms with Gasteiger partial charge in [0, 0.05) is 31.8 Å². The fraction of sp³-hybridized carbons (Fsp3) is 0.273. The SMILES string of the molecule is CCOC(=O)/C=C/c1ccc(NC(=O)CCCN(C)S(=O)(=O)c2ccc(F)cc2)cc1. The van der Waals surface area contributed by atoms with Gasteiger partial charge in [-0.15, -0.1) is 0 Å². The Morgan fingerprint density at radius 3 is 2.35 bits per heavy atom. The number of nitrogens with zero attached hydrogens (tertiary/aromatic N) is 1. The summed E-state index contributed by atoms with van der Waals surface area (Å²) in [4.78, 5) is 23.4. The number of ether oxygens (including phenoxy) is 1. The number of amides is 1. The third-order valence-corrected chi connectivity index (χ3v) is 6.16. The summed E-state index contributed by atoms with van der Waals surface area (Å²) in [6, 6.07) is 11.5. The molecule has 0 heterocycles. The monoisotopic (exact) mass is 448 g/mol. The van der Waals surface area contributed by atoms with Crippen LogP contribution in [0.25, 0.3) is 6.08 Å². The molecule has 7 nitrogen and oxygen atoms in total. The first kappa shape index (κ1) is 24.2. The van der Waals surface area contributed by atoms with Crippen molar-refractivity contribution >= 4 is 33.7 Å². The van der Waals surface area contributed by atoms with Gasteiger partial charge in [0.25, 0.3) is 0 Å². The van der Waals surface area contributed by atoms with Crippen LogP contribution in [0.1, 0.15) is 25.3 Å². The molecule has 0 atom stereocenters. The molecule has 0 saturated carbocycles. The van der Waals surface area contributed by atoms with Gasteiger partial charge in [0.05, 0.1) is 11.5 Å². The fourth-order valence-electron chi connectivity index (χ4n) is 2.62. The molecule has 31 heavy (non-hydrogen) atoms. The second-order valence-corrected chi connectivity index (χ2v) is 8.68. The first-order chi connectivity index (χ1) is 14.7. The number of nitrogens with one attached hydrogen (secondary N) is 1. The van der Waals surface area contributed by atoms with E-state index in [2.05, 4.69) is 5.32 Å². The molecule has 0 bridgehead atoms. The highest BCUT2D eigenvalue weighted by molar-refractivity contribution is 7.89. The minimum atomic E-state index is -3.74. The van der Waals surface area contributed by atoms with E-state index in [1.165, 1.54) is 25.3 Å². The number of hydrogen-bond acceptors (Lipinski definition) is 5. The van der Waals surface area contributed by atoms with Crippen molar-refractivity contribution in [1.82, 2.24) is 4.31 Å². The number of benzene rings is 2. The van der Waals surface area contributed by atoms with Crippen LogP contribution in [-0.2, 0) is 24.3 Å². The molecule has 2 aromatic rings. The van der Waals surface area contributed by atoms with E-state index >= 15 is 0 Å². The molecule has 1 amide bonds. The van der Waals surface area contributed by atoms with Crippen molar-refractivity contribution in [3.63, 3.8) is 0 Å². The molecule has 1 N–H and O–H groups in total. The normalized spacial score (nSPS) is 11.6. The van der Waals surface area contributed by atoms with Crippen LogP contribution in [0, 0.1) is 5.82 Å². The smallest absolute Gasteiger partial charge is 0.330 e. The van der Waals surface area contributed by atoms with Gasteiger partial charge in [-0.3, -0.25) is 4.79 Å². The summed E-state index contributed by atoms with van der Waals surface area (Å²) in [6.45, 7) is 2.18. The lowest BCUT2D eigenvalue weighted by molar-refractivity contribution is -0.137. The molecule has 0 aromatic heterocycles. The Morgan fingerprint density at radius 1 is 1.10 bits per heavy atom. The van der Waals surface area contributed by atoms with E-state index in [4.69, 9.17) is 4.74 Å². The molecule has 0 fully saturated rings. The van der Waals surface area contributed by atoms with Crippen molar-refractivity contribution in [2.24, 2.45) is 0 Å². The van der Waals surface area contributed by atoms with Gasteiger partial charge in [0.2, 0.25) is 15.9 Å². The number of rotatable bonds is 10. The molecule has 2 rings (SSSR count). The second kappa shape index (κ2) is 11.4. The van der Waals surface area contributed by atoms with Gasteiger partial charge in [0.15, 0.2) is 0 Å². The number of anilines is 1. The van der Waals surface area contributed by atoms with Gasteiger partial charge < -0.3 is 10.1 Å². The van der Waals surface area contributed by atoms with Crippen molar-refractivity contribution in [3.05, 3.63) is 66.0 Å². The van der Waals surface area contributed by atoms with E-state index in [9.17, 15) is 22.4 Å². The Bertz CT molecular complexity index is 1020. The molecule has 166 valence electrons. The molecule has 0 radical (unpaired) electrons. The summed E-state index contributed by atoms with van der Waals surface area (Å²) in [7, 11) is -2.32. The van der Waals surface area contributed by atoms with Crippen LogP contribution in [0.4, 0.5) is 10.1 Å². The fourth-order valence-corrected chi connectivity index (χ4v) is 3.83. The molecule has 0 spiro atoms. The molecule has 9 heteroatoms. The Labute approximate surface area is 181 Å². The lowest BCUT2D eigenvalue weighted by Gasteiger charge is -2.17. The Hall–Kier alpha value is -3.04. The Kier molecular flexibility index (Phi) is 8.89. The highest BCUT2D eigenvalue weighted by atomic mass is 32.2. The lowest BCUT2D eigenvalue weighted by atomic mass is 10.2. The number of hydrogen-bond donors (Lipinski definition) is 1. The van der Waals surface area contributed by atoms with E-state index < -0.39 is 21.8 Å². The van der Waals surface area contributed by atoms with Gasteiger partial charge in [-0.1, -0.05) is 12.1 Å². The van der Waals surface area contributed by atoms with Crippen molar-refractivity contribution in [2.45, 2.75) is 24.7 Å². The van der Waals surface area contributed by atoms with Crippen LogP contribution in [0.15, 0.2) is 59.5 Å². The van der Waals surface area contributed by atoms with Crippen LogP contribution in [-0.4, -0.2) is 44.8 Å². The van der Waals surface area contributed by atoms with Crippen molar-refractivity contribution in [2.75, 3.05) is 25.5 Å². The van der Waals surface area contributed by atoms with E-state index in [-0.39, 0.29) is 23.8 Å². The van der Waals surface area contributed by atoms with E-state index in [1.807, 2.05) is 0 Å². The van der Waals surface area contributed by atoms with Crippen LogP contribution in [0.3, 0.4) is 0 Å². The first-order valence-electron chi connectivity index (χ1n) is 9.69. The highest BCUT2D eigenvalue weighted by Gasteiger charge is 2.20. The molecular weight excluding hydrogens is 423 g/mol. The predicted molar refractivity (Wildman–Crippen MR) is 116 cm³/mol. The van der Waals surface area contributed by atoms with Gasteiger partial charge in [-0.25, -0.2) is 21.9 Å². The second-order valence-electron chi connectivity index (χ2n) is 6.64. The maximum atomic E-state index is 13.0.